The topological polar surface area (TPSA) is 79.5 Å². The van der Waals surface area contributed by atoms with Gasteiger partial charge in [-0.05, 0) is 6.42 Å². The molecule has 0 saturated carbocycles. The summed E-state index contributed by atoms with van der Waals surface area (Å²) in [6.07, 6.45) is 1.78. The van der Waals surface area contributed by atoms with Crippen LogP contribution in [0.5, 0.6) is 5.75 Å². The molecular weight excluding hydrogens is 186 g/mol. The summed E-state index contributed by atoms with van der Waals surface area (Å²) in [5.74, 6) is -1.38. The molecule has 14 heavy (non-hydrogen) atoms. The van der Waals surface area contributed by atoms with E-state index in [1.54, 1.807) is 6.92 Å². The fraction of sp³-hybridized carbons (Fsp3) is 0.333. The van der Waals surface area contributed by atoms with Gasteiger partial charge in [0, 0.05) is 12.3 Å². The molecule has 1 heterocycles. The first-order valence-corrected chi connectivity index (χ1v) is 4.19. The summed E-state index contributed by atoms with van der Waals surface area (Å²) in [6.45, 7) is 1.49. The molecule has 0 aliphatic rings. The average Bonchev–Trinajstić information content (AvgIpc) is 2.11. The zero-order valence-corrected chi connectivity index (χ0v) is 7.73. The van der Waals surface area contributed by atoms with Crippen molar-refractivity contribution >= 4 is 5.97 Å². The Balaban J connectivity index is 3.24. The first-order valence-electron chi connectivity index (χ1n) is 4.19. The van der Waals surface area contributed by atoms with Crippen LogP contribution in [-0.4, -0.2) is 20.7 Å². The summed E-state index contributed by atoms with van der Waals surface area (Å²) in [4.78, 5) is 21.5. The third-order valence-corrected chi connectivity index (χ3v) is 1.90. The van der Waals surface area contributed by atoms with Crippen molar-refractivity contribution in [2.45, 2.75) is 19.9 Å². The molecule has 1 aromatic rings. The minimum absolute atomic E-state index is 0.253. The Morgan fingerprint density at radius 1 is 1.57 bits per heavy atom. The number of carbonyl (C=O) groups is 1. The van der Waals surface area contributed by atoms with Gasteiger partial charge in [-0.15, -0.1) is 0 Å². The Morgan fingerprint density at radius 2 is 2.21 bits per heavy atom. The molecule has 76 valence electrons. The molecular formula is C9H11NO4. The number of aromatic nitrogens is 1. The smallest absolute Gasteiger partial charge is 0.323 e. The maximum absolute atomic E-state index is 11.0. The van der Waals surface area contributed by atoms with Crippen molar-refractivity contribution in [2.75, 3.05) is 0 Å². The molecule has 0 amide bonds. The number of hydrogen-bond donors (Lipinski definition) is 2. The van der Waals surface area contributed by atoms with Crippen LogP contribution in [0, 0.1) is 0 Å². The Labute approximate surface area is 80.2 Å². The lowest BCUT2D eigenvalue weighted by Gasteiger charge is -2.10. The van der Waals surface area contributed by atoms with Gasteiger partial charge in [0.1, 0.15) is 6.54 Å². The highest BCUT2D eigenvalue weighted by Gasteiger charge is 2.09. The zero-order chi connectivity index (χ0) is 10.7. The first kappa shape index (κ1) is 10.3. The van der Waals surface area contributed by atoms with E-state index in [1.165, 1.54) is 10.8 Å². The van der Waals surface area contributed by atoms with Crippen LogP contribution in [0.1, 0.15) is 12.6 Å². The molecule has 2 N–H and O–H groups in total. The molecule has 1 rings (SSSR count). The van der Waals surface area contributed by atoms with Crippen molar-refractivity contribution in [3.8, 4) is 5.75 Å². The van der Waals surface area contributed by atoms with Gasteiger partial charge in [0.05, 0.1) is 5.69 Å². The van der Waals surface area contributed by atoms with Crippen LogP contribution in [-0.2, 0) is 17.8 Å². The summed E-state index contributed by atoms with van der Waals surface area (Å²) >= 11 is 0. The molecule has 0 fully saturated rings. The molecule has 0 unspecified atom stereocenters. The van der Waals surface area contributed by atoms with Gasteiger partial charge >= 0.3 is 5.97 Å². The van der Waals surface area contributed by atoms with Gasteiger partial charge in [-0.2, -0.15) is 0 Å². The van der Waals surface area contributed by atoms with E-state index in [-0.39, 0.29) is 12.3 Å². The van der Waals surface area contributed by atoms with Crippen LogP contribution in [0.2, 0.25) is 0 Å². The zero-order valence-electron chi connectivity index (χ0n) is 7.73. The highest BCUT2D eigenvalue weighted by Crippen LogP contribution is 2.11. The van der Waals surface area contributed by atoms with Crippen LogP contribution in [0.4, 0.5) is 0 Å². The molecule has 5 heteroatoms. The average molecular weight is 197 g/mol. The van der Waals surface area contributed by atoms with Crippen molar-refractivity contribution in [1.29, 1.82) is 0 Å². The molecule has 5 nitrogen and oxygen atoms in total. The molecule has 0 saturated heterocycles. The number of hydrogen-bond acceptors (Lipinski definition) is 3. The van der Waals surface area contributed by atoms with E-state index in [9.17, 15) is 14.7 Å². The molecule has 0 spiro atoms. The monoisotopic (exact) mass is 197 g/mol. The van der Waals surface area contributed by atoms with Gasteiger partial charge in [-0.1, -0.05) is 6.92 Å². The van der Waals surface area contributed by atoms with Crippen LogP contribution in [0.25, 0.3) is 0 Å². The molecule has 0 radical (unpaired) electrons. The summed E-state index contributed by atoms with van der Waals surface area (Å²) in [5, 5.41) is 17.9. The first-order chi connectivity index (χ1) is 6.56. The highest BCUT2D eigenvalue weighted by molar-refractivity contribution is 5.66. The van der Waals surface area contributed by atoms with Crippen molar-refractivity contribution in [2.24, 2.45) is 0 Å². The van der Waals surface area contributed by atoms with Crippen molar-refractivity contribution < 1.29 is 15.0 Å². The lowest BCUT2D eigenvalue weighted by atomic mass is 10.2. The van der Waals surface area contributed by atoms with Gasteiger partial charge < -0.3 is 14.8 Å². The Morgan fingerprint density at radius 3 is 2.71 bits per heavy atom. The summed E-state index contributed by atoms with van der Waals surface area (Å²) < 4.78 is 1.35. The number of carboxylic acid groups (broad SMARTS) is 1. The van der Waals surface area contributed by atoms with Gasteiger partial charge in [-0.3, -0.25) is 9.59 Å². The van der Waals surface area contributed by atoms with Crippen LogP contribution in [0.3, 0.4) is 0 Å². The molecule has 0 bridgehead atoms. The van der Waals surface area contributed by atoms with Crippen LogP contribution in [0.15, 0.2) is 17.1 Å². The van der Waals surface area contributed by atoms with Crippen molar-refractivity contribution in [3.63, 3.8) is 0 Å². The van der Waals surface area contributed by atoms with E-state index >= 15 is 0 Å². The quantitative estimate of drug-likeness (QED) is 0.725. The summed E-state index contributed by atoms with van der Waals surface area (Å²) in [6, 6.07) is 1.15. The van der Waals surface area contributed by atoms with E-state index < -0.39 is 11.4 Å². The predicted molar refractivity (Wildman–Crippen MR) is 49.4 cm³/mol. The summed E-state index contributed by atoms with van der Waals surface area (Å²) in [7, 11) is 0. The Kier molecular flexibility index (Phi) is 2.91. The van der Waals surface area contributed by atoms with Crippen LogP contribution >= 0.6 is 0 Å². The fourth-order valence-electron chi connectivity index (χ4n) is 1.27. The maximum atomic E-state index is 11.0. The lowest BCUT2D eigenvalue weighted by molar-refractivity contribution is -0.137. The minimum Gasteiger partial charge on any atom is -0.503 e. The standard InChI is InChI=1S/C9H11NO4/c1-2-6-9(14)7(11)3-4-10(6)5-8(12)13/h3-4,14H,2,5H2,1H3,(H,12,13). The van der Waals surface area contributed by atoms with E-state index in [2.05, 4.69) is 0 Å². The lowest BCUT2D eigenvalue weighted by Crippen LogP contribution is -2.16. The van der Waals surface area contributed by atoms with E-state index in [4.69, 9.17) is 5.11 Å². The summed E-state index contributed by atoms with van der Waals surface area (Å²) in [5.41, 5.74) is -0.136. The van der Waals surface area contributed by atoms with E-state index in [1.807, 2.05) is 0 Å². The Hall–Kier alpha value is -1.78. The van der Waals surface area contributed by atoms with E-state index in [0.29, 0.717) is 12.1 Å². The van der Waals surface area contributed by atoms with Gasteiger partial charge in [0.25, 0.3) is 0 Å². The third-order valence-electron chi connectivity index (χ3n) is 1.90. The number of pyridine rings is 1. The second-order valence-corrected chi connectivity index (χ2v) is 2.85. The van der Waals surface area contributed by atoms with E-state index in [0.717, 1.165) is 6.07 Å². The SMILES string of the molecule is CCc1c(O)c(=O)ccn1CC(=O)O. The van der Waals surface area contributed by atoms with Crippen LogP contribution < -0.4 is 5.43 Å². The van der Waals surface area contributed by atoms with Gasteiger partial charge in [0.2, 0.25) is 5.43 Å². The normalized spacial score (nSPS) is 10.1. The molecule has 0 atom stereocenters. The van der Waals surface area contributed by atoms with Gasteiger partial charge in [0.15, 0.2) is 5.75 Å². The minimum atomic E-state index is -1.01. The van der Waals surface area contributed by atoms with Crippen molar-refractivity contribution in [3.05, 3.63) is 28.2 Å². The molecule has 0 aliphatic heterocycles. The number of carboxylic acids is 1. The molecule has 1 aromatic heterocycles. The largest absolute Gasteiger partial charge is 0.503 e. The number of aromatic hydroxyl groups is 1. The Bertz CT molecular complexity index is 408. The molecule has 0 aromatic carbocycles. The second-order valence-electron chi connectivity index (χ2n) is 2.85. The molecule has 0 aliphatic carbocycles. The van der Waals surface area contributed by atoms with Crippen molar-refractivity contribution in [1.82, 2.24) is 4.57 Å². The highest BCUT2D eigenvalue weighted by atomic mass is 16.4. The van der Waals surface area contributed by atoms with Gasteiger partial charge in [-0.25, -0.2) is 0 Å². The number of rotatable bonds is 3. The maximum Gasteiger partial charge on any atom is 0.323 e. The predicted octanol–water partition coefficient (Wildman–Crippen LogP) is 0.201. The second kappa shape index (κ2) is 3.95. The number of nitrogens with zero attached hydrogens (tertiary/aromatic N) is 1. The third kappa shape index (κ3) is 1.93. The number of aliphatic carboxylic acids is 1. The fourth-order valence-corrected chi connectivity index (χ4v) is 1.27.